The third-order valence-corrected chi connectivity index (χ3v) is 1.04. The number of hydrogen-bond acceptors (Lipinski definition) is 1. The molecule has 2 N–H and O–H groups in total. The fourth-order valence-electron chi connectivity index (χ4n) is 0.589. The molecule has 3 nitrogen and oxygen atoms in total. The zero-order chi connectivity index (χ0) is 9.40. The van der Waals surface area contributed by atoms with Crippen LogP contribution in [0.4, 0.5) is 0 Å². The number of hydrogen-bond donors (Lipinski definition) is 2. The molecule has 0 amide bonds. The molecule has 0 atom stereocenters. The molecule has 0 heterocycles. The van der Waals surface area contributed by atoms with Gasteiger partial charge in [-0.05, 0) is 5.56 Å². The van der Waals surface area contributed by atoms with Gasteiger partial charge in [0, 0.05) is 0 Å². The summed E-state index contributed by atoms with van der Waals surface area (Å²) in [6.45, 7) is 3.63. The van der Waals surface area contributed by atoms with Gasteiger partial charge in [-0.1, -0.05) is 43.0 Å². The number of benzene rings is 1. The molecule has 0 aromatic heterocycles. The van der Waals surface area contributed by atoms with Crippen molar-refractivity contribution in [3.05, 3.63) is 42.5 Å². The van der Waals surface area contributed by atoms with Gasteiger partial charge >= 0.3 is 37.8 Å². The predicted molar refractivity (Wildman–Crippen MR) is 57.1 cm³/mol. The Balaban J connectivity index is 0. The van der Waals surface area contributed by atoms with Crippen molar-refractivity contribution in [1.29, 1.82) is 0 Å². The Hall–Kier alpha value is 0.110. The molecule has 0 radical (unpaired) electrons. The topological polar surface area (TPSA) is 57.5 Å². The van der Waals surface area contributed by atoms with Gasteiger partial charge in [0.25, 0.3) is 0 Å². The van der Waals surface area contributed by atoms with Gasteiger partial charge in [0.1, 0.15) is 0 Å². The zero-order valence-electron chi connectivity index (χ0n) is 6.47. The van der Waals surface area contributed by atoms with Crippen molar-refractivity contribution in [1.82, 2.24) is 0 Å². The van der Waals surface area contributed by atoms with E-state index in [0.717, 1.165) is 0 Å². The molecule has 0 spiro atoms. The van der Waals surface area contributed by atoms with E-state index in [0.29, 0.717) is 0 Å². The average molecular weight is 210 g/mol. The minimum absolute atomic E-state index is 0. The van der Waals surface area contributed by atoms with Crippen LogP contribution < -0.4 is 0 Å². The van der Waals surface area contributed by atoms with E-state index in [1.807, 2.05) is 36.4 Å². The maximum atomic E-state index is 8.74. The second-order valence-corrected chi connectivity index (χ2v) is 2.46. The van der Waals surface area contributed by atoms with Crippen LogP contribution >= 0.6 is 8.25 Å². The first-order valence-corrected chi connectivity index (χ1v) is 4.56. The summed E-state index contributed by atoms with van der Waals surface area (Å²) >= 11 is 0. The van der Waals surface area contributed by atoms with Crippen molar-refractivity contribution < 1.29 is 14.4 Å². The van der Waals surface area contributed by atoms with E-state index in [9.17, 15) is 0 Å². The summed E-state index contributed by atoms with van der Waals surface area (Å²) in [4.78, 5) is 14.3. The summed E-state index contributed by atoms with van der Waals surface area (Å²) in [5.74, 6) is 0. The Morgan fingerprint density at radius 1 is 1.23 bits per heavy atom. The normalized spacial score (nSPS) is 7.92. The van der Waals surface area contributed by atoms with Crippen LogP contribution in [0.1, 0.15) is 5.56 Å². The first-order chi connectivity index (χ1) is 5.66. The maximum absolute atomic E-state index is 8.74. The molecule has 1 aromatic carbocycles. The van der Waals surface area contributed by atoms with E-state index in [4.69, 9.17) is 14.4 Å². The first-order valence-electron chi connectivity index (χ1n) is 3.26. The predicted octanol–water partition coefficient (Wildman–Crippen LogP) is 1.04. The zero-order valence-corrected chi connectivity index (χ0v) is 7.47. The van der Waals surface area contributed by atoms with Gasteiger partial charge < -0.3 is 9.79 Å². The van der Waals surface area contributed by atoms with Crippen LogP contribution in [0.5, 0.6) is 0 Å². The quantitative estimate of drug-likeness (QED) is 0.538. The average Bonchev–Trinajstić information content (AvgIpc) is 2.05. The van der Waals surface area contributed by atoms with Crippen LogP contribution in [0.15, 0.2) is 36.9 Å². The molecular weight excluding hydrogens is 198 g/mol. The summed E-state index contributed by atoms with van der Waals surface area (Å²) < 4.78 is 8.74. The third kappa shape index (κ3) is 12.1. The van der Waals surface area contributed by atoms with Gasteiger partial charge in [-0.15, -0.1) is 0 Å². The Morgan fingerprint density at radius 3 is 1.85 bits per heavy atom. The molecular formula is C8H12NaO3P. The van der Waals surface area contributed by atoms with Gasteiger partial charge in [0.2, 0.25) is 0 Å². The summed E-state index contributed by atoms with van der Waals surface area (Å²) in [5.41, 5.74) is 1.17. The van der Waals surface area contributed by atoms with Crippen LogP contribution in [0.2, 0.25) is 0 Å². The van der Waals surface area contributed by atoms with Crippen molar-refractivity contribution in [3.63, 3.8) is 0 Å². The van der Waals surface area contributed by atoms with Gasteiger partial charge in [-0.2, -0.15) is 0 Å². The van der Waals surface area contributed by atoms with Gasteiger partial charge in [-0.25, -0.2) is 0 Å². The van der Waals surface area contributed by atoms with Crippen molar-refractivity contribution in [3.8, 4) is 0 Å². The van der Waals surface area contributed by atoms with E-state index in [1.54, 1.807) is 0 Å². The minimum atomic E-state index is -3.13. The molecule has 5 heteroatoms. The Bertz CT molecular complexity index is 247. The molecule has 1 aromatic rings. The van der Waals surface area contributed by atoms with Gasteiger partial charge in [0.15, 0.2) is 0 Å². The van der Waals surface area contributed by atoms with Crippen molar-refractivity contribution in [2.75, 3.05) is 0 Å². The Labute approximate surface area is 100 Å². The van der Waals surface area contributed by atoms with Crippen molar-refractivity contribution >= 4 is 43.9 Å². The van der Waals surface area contributed by atoms with Crippen LogP contribution in [0.3, 0.4) is 0 Å². The standard InChI is InChI=1S/C8H8.Na.H3O3P.H/c1-2-8-6-4-3-5-7-8;;1-4(2)3;/h2-7H,1H2;;4H,(H2,1,2,3);. The molecule has 0 bridgehead atoms. The molecule has 0 fully saturated rings. The van der Waals surface area contributed by atoms with Crippen LogP contribution in [-0.2, 0) is 4.57 Å². The third-order valence-electron chi connectivity index (χ3n) is 1.04. The van der Waals surface area contributed by atoms with Crippen LogP contribution in [-0.4, -0.2) is 39.3 Å². The SMILES string of the molecule is C=Cc1ccccc1.O=[PH](O)O.[NaH]. The molecule has 13 heavy (non-hydrogen) atoms. The first kappa shape index (κ1) is 15.6. The molecule has 0 aliphatic rings. The van der Waals surface area contributed by atoms with Crippen molar-refractivity contribution in [2.45, 2.75) is 0 Å². The fourth-order valence-corrected chi connectivity index (χ4v) is 0.589. The van der Waals surface area contributed by atoms with E-state index >= 15 is 0 Å². The number of rotatable bonds is 1. The summed E-state index contributed by atoms with van der Waals surface area (Å²) in [6.07, 6.45) is 1.83. The second kappa shape index (κ2) is 10.2. The van der Waals surface area contributed by atoms with E-state index in [1.165, 1.54) is 5.56 Å². The molecule has 0 aliphatic heterocycles. The second-order valence-electron chi connectivity index (χ2n) is 1.90. The summed E-state index contributed by atoms with van der Waals surface area (Å²) in [6, 6.07) is 10.0. The van der Waals surface area contributed by atoms with E-state index < -0.39 is 8.25 Å². The van der Waals surface area contributed by atoms with E-state index in [-0.39, 0.29) is 29.6 Å². The monoisotopic (exact) mass is 210 g/mol. The van der Waals surface area contributed by atoms with Crippen LogP contribution in [0, 0.1) is 0 Å². The van der Waals surface area contributed by atoms with Crippen LogP contribution in [0.25, 0.3) is 6.08 Å². The summed E-state index contributed by atoms with van der Waals surface area (Å²) in [5, 5.41) is 0. The molecule has 1 rings (SSSR count). The molecule has 0 saturated carbocycles. The summed E-state index contributed by atoms with van der Waals surface area (Å²) in [7, 11) is -3.13. The molecule has 68 valence electrons. The molecule has 0 saturated heterocycles. The van der Waals surface area contributed by atoms with Crippen molar-refractivity contribution in [2.24, 2.45) is 0 Å². The Morgan fingerprint density at radius 2 is 1.62 bits per heavy atom. The molecule has 0 aliphatic carbocycles. The fraction of sp³-hybridized carbons (Fsp3) is 0. The molecule has 0 unspecified atom stereocenters. The van der Waals surface area contributed by atoms with Gasteiger partial charge in [-0.3, -0.25) is 4.57 Å². The van der Waals surface area contributed by atoms with Gasteiger partial charge in [0.05, 0.1) is 0 Å². The Kier molecular flexibility index (Phi) is 12.2. The van der Waals surface area contributed by atoms with E-state index in [2.05, 4.69) is 6.58 Å².